The Balaban J connectivity index is 1.53. The summed E-state index contributed by atoms with van der Waals surface area (Å²) in [6.07, 6.45) is 2.21. The number of nitrogens with one attached hydrogen (secondary N) is 2. The number of hydrogen-bond acceptors (Lipinski definition) is 3. The number of carboxylic acids is 1. The first-order valence-corrected chi connectivity index (χ1v) is 8.99. The molecule has 0 saturated heterocycles. The molecule has 1 fully saturated rings. The molecule has 2 amide bonds. The predicted molar refractivity (Wildman–Crippen MR) is 101 cm³/mol. The molecule has 6 nitrogen and oxygen atoms in total. The summed E-state index contributed by atoms with van der Waals surface area (Å²) in [7, 11) is 0. The highest BCUT2D eigenvalue weighted by atomic mass is 16.4. The quantitative estimate of drug-likeness (QED) is 0.669. The first-order valence-electron chi connectivity index (χ1n) is 8.99. The van der Waals surface area contributed by atoms with Crippen LogP contribution in [0.15, 0.2) is 54.6 Å². The fourth-order valence-electron chi connectivity index (χ4n) is 2.76. The summed E-state index contributed by atoms with van der Waals surface area (Å²) in [6, 6.07) is 15.9. The summed E-state index contributed by atoms with van der Waals surface area (Å²) in [4.78, 5) is 35.5. The van der Waals surface area contributed by atoms with Gasteiger partial charge in [0.05, 0.1) is 5.92 Å². The van der Waals surface area contributed by atoms with Gasteiger partial charge in [-0.1, -0.05) is 30.3 Å². The Labute approximate surface area is 157 Å². The molecule has 0 aromatic heterocycles. The van der Waals surface area contributed by atoms with Crippen molar-refractivity contribution in [3.05, 3.63) is 65.7 Å². The van der Waals surface area contributed by atoms with Crippen molar-refractivity contribution in [3.63, 3.8) is 0 Å². The van der Waals surface area contributed by atoms with E-state index in [1.807, 2.05) is 30.3 Å². The lowest BCUT2D eigenvalue weighted by Crippen LogP contribution is -2.34. The topological polar surface area (TPSA) is 95.5 Å². The standard InChI is InChI=1S/C21H22N2O4/c24-19(15-8-10-18(11-9-15)23-20(25)16-6-7-16)22-13-17(21(26)27)12-14-4-2-1-3-5-14/h1-5,8-11,16-17H,6-7,12-13H2,(H,22,24)(H,23,25)(H,26,27). The maximum atomic E-state index is 12.3. The van der Waals surface area contributed by atoms with E-state index in [-0.39, 0.29) is 24.3 Å². The predicted octanol–water partition coefficient (Wildman–Crippen LogP) is 2.71. The van der Waals surface area contributed by atoms with E-state index in [1.165, 1.54) is 0 Å². The Bertz CT molecular complexity index is 814. The van der Waals surface area contributed by atoms with Gasteiger partial charge in [0.25, 0.3) is 5.91 Å². The molecule has 27 heavy (non-hydrogen) atoms. The van der Waals surface area contributed by atoms with Crippen molar-refractivity contribution in [2.24, 2.45) is 11.8 Å². The summed E-state index contributed by atoms with van der Waals surface area (Å²) in [5.41, 5.74) is 1.98. The minimum atomic E-state index is -0.947. The highest BCUT2D eigenvalue weighted by molar-refractivity contribution is 5.96. The average Bonchev–Trinajstić information content (AvgIpc) is 3.51. The van der Waals surface area contributed by atoms with Crippen molar-refractivity contribution >= 4 is 23.5 Å². The summed E-state index contributed by atoms with van der Waals surface area (Å²) >= 11 is 0. The highest BCUT2D eigenvalue weighted by Crippen LogP contribution is 2.30. The lowest BCUT2D eigenvalue weighted by molar-refractivity contribution is -0.141. The van der Waals surface area contributed by atoms with Crippen molar-refractivity contribution in [1.29, 1.82) is 0 Å². The van der Waals surface area contributed by atoms with Crippen molar-refractivity contribution in [2.45, 2.75) is 19.3 Å². The number of aliphatic carboxylic acids is 1. The molecule has 0 heterocycles. The van der Waals surface area contributed by atoms with Crippen molar-refractivity contribution in [3.8, 4) is 0 Å². The summed E-state index contributed by atoms with van der Waals surface area (Å²) in [5.74, 6) is -1.86. The van der Waals surface area contributed by atoms with Gasteiger partial charge in [0.15, 0.2) is 0 Å². The third-order valence-electron chi connectivity index (χ3n) is 4.55. The molecule has 3 rings (SSSR count). The van der Waals surface area contributed by atoms with Crippen LogP contribution in [0.1, 0.15) is 28.8 Å². The minimum Gasteiger partial charge on any atom is -0.481 e. The van der Waals surface area contributed by atoms with E-state index < -0.39 is 11.9 Å². The lowest BCUT2D eigenvalue weighted by Gasteiger charge is -2.14. The molecule has 6 heteroatoms. The molecule has 3 N–H and O–H groups in total. The molecule has 0 aliphatic heterocycles. The zero-order valence-corrected chi connectivity index (χ0v) is 14.9. The number of carbonyl (C=O) groups is 3. The highest BCUT2D eigenvalue weighted by Gasteiger charge is 2.29. The zero-order chi connectivity index (χ0) is 19.2. The maximum absolute atomic E-state index is 12.3. The van der Waals surface area contributed by atoms with Crippen LogP contribution < -0.4 is 10.6 Å². The van der Waals surface area contributed by atoms with E-state index in [1.54, 1.807) is 24.3 Å². The monoisotopic (exact) mass is 366 g/mol. The van der Waals surface area contributed by atoms with Gasteiger partial charge in [-0.15, -0.1) is 0 Å². The van der Waals surface area contributed by atoms with Crippen molar-refractivity contribution in [2.75, 3.05) is 11.9 Å². The minimum absolute atomic E-state index is 0.0115. The van der Waals surface area contributed by atoms with Crippen LogP contribution in [0.4, 0.5) is 5.69 Å². The number of hydrogen-bond donors (Lipinski definition) is 3. The fraction of sp³-hybridized carbons (Fsp3) is 0.286. The van der Waals surface area contributed by atoms with Crippen molar-refractivity contribution in [1.82, 2.24) is 5.32 Å². The molecular formula is C21H22N2O4. The number of carbonyl (C=O) groups excluding carboxylic acids is 2. The van der Waals surface area contributed by atoms with Gasteiger partial charge < -0.3 is 15.7 Å². The molecule has 1 unspecified atom stereocenters. The molecule has 1 aliphatic rings. The molecule has 1 aliphatic carbocycles. The molecular weight excluding hydrogens is 344 g/mol. The average molecular weight is 366 g/mol. The Hall–Kier alpha value is -3.15. The van der Waals surface area contributed by atoms with Crippen LogP contribution >= 0.6 is 0 Å². The molecule has 0 radical (unpaired) electrons. The third-order valence-corrected chi connectivity index (χ3v) is 4.55. The van der Waals surface area contributed by atoms with Gasteiger partial charge in [0.1, 0.15) is 0 Å². The van der Waals surface area contributed by atoms with Crippen LogP contribution in [-0.2, 0) is 16.0 Å². The first kappa shape index (κ1) is 18.6. The number of anilines is 1. The molecule has 0 spiro atoms. The molecule has 0 bridgehead atoms. The maximum Gasteiger partial charge on any atom is 0.308 e. The van der Waals surface area contributed by atoms with Crippen LogP contribution in [-0.4, -0.2) is 29.4 Å². The number of carboxylic acid groups (broad SMARTS) is 1. The fourth-order valence-corrected chi connectivity index (χ4v) is 2.76. The van der Waals surface area contributed by atoms with Gasteiger partial charge in [-0.05, 0) is 49.1 Å². The van der Waals surface area contributed by atoms with E-state index in [0.717, 1.165) is 18.4 Å². The summed E-state index contributed by atoms with van der Waals surface area (Å²) < 4.78 is 0. The summed E-state index contributed by atoms with van der Waals surface area (Å²) in [5, 5.41) is 14.9. The van der Waals surface area contributed by atoms with Gasteiger partial charge in [-0.2, -0.15) is 0 Å². The van der Waals surface area contributed by atoms with Gasteiger partial charge >= 0.3 is 5.97 Å². The van der Waals surface area contributed by atoms with Crippen LogP contribution in [0.2, 0.25) is 0 Å². The normalized spacial score (nSPS) is 14.2. The molecule has 140 valence electrons. The van der Waals surface area contributed by atoms with E-state index in [0.29, 0.717) is 17.7 Å². The summed E-state index contributed by atoms with van der Waals surface area (Å²) in [6.45, 7) is 0.0449. The van der Waals surface area contributed by atoms with Crippen molar-refractivity contribution < 1.29 is 19.5 Å². The van der Waals surface area contributed by atoms with Crippen LogP contribution in [0, 0.1) is 11.8 Å². The second-order valence-corrected chi connectivity index (χ2v) is 6.78. The van der Waals surface area contributed by atoms with Crippen LogP contribution in [0.25, 0.3) is 0 Å². The SMILES string of the molecule is O=C(NCC(Cc1ccccc1)C(=O)O)c1ccc(NC(=O)C2CC2)cc1. The van der Waals surface area contributed by atoms with Gasteiger partial charge in [0.2, 0.25) is 5.91 Å². The number of benzene rings is 2. The lowest BCUT2D eigenvalue weighted by atomic mass is 9.99. The van der Waals surface area contributed by atoms with Crippen LogP contribution in [0.5, 0.6) is 0 Å². The van der Waals surface area contributed by atoms with Gasteiger partial charge in [0, 0.05) is 23.7 Å². The Morgan fingerprint density at radius 3 is 2.26 bits per heavy atom. The third kappa shape index (κ3) is 5.41. The second-order valence-electron chi connectivity index (χ2n) is 6.78. The largest absolute Gasteiger partial charge is 0.481 e. The number of rotatable bonds is 8. The Morgan fingerprint density at radius 1 is 1.00 bits per heavy atom. The number of amides is 2. The Morgan fingerprint density at radius 2 is 1.67 bits per heavy atom. The smallest absolute Gasteiger partial charge is 0.308 e. The van der Waals surface area contributed by atoms with Crippen LogP contribution in [0.3, 0.4) is 0 Å². The second kappa shape index (κ2) is 8.49. The molecule has 1 saturated carbocycles. The van der Waals surface area contributed by atoms with E-state index >= 15 is 0 Å². The molecule has 1 atom stereocenters. The zero-order valence-electron chi connectivity index (χ0n) is 14.9. The molecule has 2 aromatic carbocycles. The molecule has 2 aromatic rings. The first-order chi connectivity index (χ1) is 13.0. The van der Waals surface area contributed by atoms with Gasteiger partial charge in [-0.3, -0.25) is 14.4 Å². The Kier molecular flexibility index (Phi) is 5.86. The van der Waals surface area contributed by atoms with E-state index in [9.17, 15) is 19.5 Å². The van der Waals surface area contributed by atoms with E-state index in [4.69, 9.17) is 0 Å². The van der Waals surface area contributed by atoms with E-state index in [2.05, 4.69) is 10.6 Å². The van der Waals surface area contributed by atoms with Gasteiger partial charge in [-0.25, -0.2) is 0 Å².